The van der Waals surface area contributed by atoms with Crippen molar-refractivity contribution in [2.45, 2.75) is 25.7 Å². The van der Waals surface area contributed by atoms with Crippen LogP contribution in [0, 0.1) is 5.82 Å². The molecule has 0 radical (unpaired) electrons. The van der Waals surface area contributed by atoms with Crippen molar-refractivity contribution in [3.8, 4) is 0 Å². The van der Waals surface area contributed by atoms with Crippen LogP contribution in [0.5, 0.6) is 0 Å². The molecule has 0 atom stereocenters. The third kappa shape index (κ3) is 4.36. The number of nitrogens with zero attached hydrogens (tertiary/aromatic N) is 2. The molecule has 21 heavy (non-hydrogen) atoms. The van der Waals surface area contributed by atoms with Gasteiger partial charge in [-0.05, 0) is 49.8 Å². The standard InChI is InChI=1S/C18H23FN2/c1-18(2,13-21(3)4)17-10-7-15(12-20-17)11-14-5-8-16(19)9-6-14/h5-10,12H,11,13H2,1-4H3. The lowest BCUT2D eigenvalue weighted by molar-refractivity contribution is 0.310. The molecular formula is C18H23FN2. The van der Waals surface area contributed by atoms with Gasteiger partial charge in [0.05, 0.1) is 0 Å². The summed E-state index contributed by atoms with van der Waals surface area (Å²) in [6.07, 6.45) is 2.71. The fraction of sp³-hybridized carbons (Fsp3) is 0.389. The van der Waals surface area contributed by atoms with E-state index in [0.29, 0.717) is 0 Å². The molecule has 0 aliphatic carbocycles. The van der Waals surface area contributed by atoms with Crippen molar-refractivity contribution in [1.29, 1.82) is 0 Å². The van der Waals surface area contributed by atoms with Crippen molar-refractivity contribution in [3.05, 3.63) is 65.2 Å². The SMILES string of the molecule is CN(C)CC(C)(C)c1ccc(Cc2ccc(F)cc2)cn1. The molecule has 0 aliphatic heterocycles. The molecule has 3 heteroatoms. The van der Waals surface area contributed by atoms with Gasteiger partial charge in [-0.3, -0.25) is 4.98 Å². The summed E-state index contributed by atoms with van der Waals surface area (Å²) >= 11 is 0. The first-order valence-corrected chi connectivity index (χ1v) is 7.21. The van der Waals surface area contributed by atoms with Gasteiger partial charge in [0.25, 0.3) is 0 Å². The predicted octanol–water partition coefficient (Wildman–Crippen LogP) is 3.65. The van der Waals surface area contributed by atoms with Crippen LogP contribution in [0.1, 0.15) is 30.7 Å². The van der Waals surface area contributed by atoms with Crippen molar-refractivity contribution in [2.24, 2.45) is 0 Å². The summed E-state index contributed by atoms with van der Waals surface area (Å²) in [5.41, 5.74) is 3.36. The third-order valence-corrected chi connectivity index (χ3v) is 3.55. The Balaban J connectivity index is 2.10. The van der Waals surface area contributed by atoms with Gasteiger partial charge in [-0.25, -0.2) is 4.39 Å². The van der Waals surface area contributed by atoms with Crippen LogP contribution in [0.15, 0.2) is 42.6 Å². The van der Waals surface area contributed by atoms with Crippen LogP contribution >= 0.6 is 0 Å². The second-order valence-electron chi connectivity index (χ2n) is 6.48. The first-order chi connectivity index (χ1) is 9.87. The van der Waals surface area contributed by atoms with E-state index >= 15 is 0 Å². The molecule has 2 nitrogen and oxygen atoms in total. The molecule has 0 unspecified atom stereocenters. The molecule has 0 bridgehead atoms. The number of pyridine rings is 1. The maximum atomic E-state index is 12.9. The third-order valence-electron chi connectivity index (χ3n) is 3.55. The largest absolute Gasteiger partial charge is 0.308 e. The smallest absolute Gasteiger partial charge is 0.123 e. The Hall–Kier alpha value is -1.74. The van der Waals surface area contributed by atoms with Gasteiger partial charge in [0.15, 0.2) is 0 Å². The van der Waals surface area contributed by atoms with Crippen LogP contribution < -0.4 is 0 Å². The first kappa shape index (κ1) is 15.6. The molecule has 1 aromatic heterocycles. The van der Waals surface area contributed by atoms with Gasteiger partial charge in [-0.1, -0.05) is 32.0 Å². The summed E-state index contributed by atoms with van der Waals surface area (Å²) in [5, 5.41) is 0. The van der Waals surface area contributed by atoms with Crippen molar-refractivity contribution in [2.75, 3.05) is 20.6 Å². The normalized spacial score (nSPS) is 11.9. The minimum Gasteiger partial charge on any atom is -0.308 e. The van der Waals surface area contributed by atoms with Crippen molar-refractivity contribution >= 4 is 0 Å². The molecule has 2 rings (SSSR count). The molecule has 2 aromatic rings. The van der Waals surface area contributed by atoms with Crippen LogP contribution in [0.3, 0.4) is 0 Å². The molecule has 1 aromatic carbocycles. The molecule has 112 valence electrons. The molecule has 1 heterocycles. The lowest BCUT2D eigenvalue weighted by Crippen LogP contribution is -2.32. The lowest BCUT2D eigenvalue weighted by atomic mass is 9.88. The minimum atomic E-state index is -0.197. The van der Waals surface area contributed by atoms with E-state index in [1.54, 1.807) is 0 Å². The fourth-order valence-electron chi connectivity index (χ4n) is 2.64. The molecule has 0 aliphatic rings. The van der Waals surface area contributed by atoms with E-state index in [9.17, 15) is 4.39 Å². The summed E-state index contributed by atoms with van der Waals surface area (Å²) in [7, 11) is 4.15. The van der Waals surface area contributed by atoms with E-state index < -0.39 is 0 Å². The van der Waals surface area contributed by atoms with E-state index in [2.05, 4.69) is 50.0 Å². The zero-order chi connectivity index (χ0) is 15.5. The van der Waals surface area contributed by atoms with Crippen LogP contribution in [0.4, 0.5) is 4.39 Å². The second-order valence-corrected chi connectivity index (χ2v) is 6.48. The van der Waals surface area contributed by atoms with Gasteiger partial charge in [-0.2, -0.15) is 0 Å². The Bertz CT molecular complexity index is 571. The lowest BCUT2D eigenvalue weighted by Gasteiger charge is -2.27. The molecule has 0 spiro atoms. The highest BCUT2D eigenvalue weighted by atomic mass is 19.1. The fourth-order valence-corrected chi connectivity index (χ4v) is 2.64. The van der Waals surface area contributed by atoms with E-state index in [1.807, 2.05) is 18.3 Å². The molecule has 0 saturated heterocycles. The number of halogens is 1. The highest BCUT2D eigenvalue weighted by Gasteiger charge is 2.22. The van der Waals surface area contributed by atoms with E-state index in [-0.39, 0.29) is 11.2 Å². The summed E-state index contributed by atoms with van der Waals surface area (Å²) < 4.78 is 12.9. The molecule has 0 saturated carbocycles. The second kappa shape index (κ2) is 6.35. The number of hydrogen-bond donors (Lipinski definition) is 0. The number of benzene rings is 1. The number of rotatable bonds is 5. The van der Waals surface area contributed by atoms with Gasteiger partial charge in [0.2, 0.25) is 0 Å². The summed E-state index contributed by atoms with van der Waals surface area (Å²) in [5.74, 6) is -0.197. The minimum absolute atomic E-state index is 0.0257. The first-order valence-electron chi connectivity index (χ1n) is 7.21. The van der Waals surface area contributed by atoms with Gasteiger partial charge in [0.1, 0.15) is 5.82 Å². The van der Waals surface area contributed by atoms with Crippen molar-refractivity contribution in [3.63, 3.8) is 0 Å². The Morgan fingerprint density at radius 2 is 1.62 bits per heavy atom. The summed E-state index contributed by atoms with van der Waals surface area (Å²) in [4.78, 5) is 6.79. The molecular weight excluding hydrogens is 263 g/mol. The number of aromatic nitrogens is 1. The average molecular weight is 286 g/mol. The number of hydrogen-bond acceptors (Lipinski definition) is 2. The van der Waals surface area contributed by atoms with Crippen LogP contribution in [0.25, 0.3) is 0 Å². The monoisotopic (exact) mass is 286 g/mol. The molecule has 0 N–H and O–H groups in total. The maximum absolute atomic E-state index is 12.9. The van der Waals surface area contributed by atoms with Gasteiger partial charge in [0, 0.05) is 23.9 Å². The molecule has 0 amide bonds. The van der Waals surface area contributed by atoms with E-state index in [1.165, 1.54) is 12.1 Å². The van der Waals surface area contributed by atoms with Gasteiger partial charge in [-0.15, -0.1) is 0 Å². The topological polar surface area (TPSA) is 16.1 Å². The highest BCUT2D eigenvalue weighted by molar-refractivity contribution is 5.27. The summed E-state index contributed by atoms with van der Waals surface area (Å²) in [6, 6.07) is 10.8. The van der Waals surface area contributed by atoms with E-state index in [4.69, 9.17) is 0 Å². The number of likely N-dealkylation sites (N-methyl/N-ethyl adjacent to an activating group) is 1. The van der Waals surface area contributed by atoms with Gasteiger partial charge >= 0.3 is 0 Å². The average Bonchev–Trinajstić information content (AvgIpc) is 2.41. The Morgan fingerprint density at radius 3 is 2.14 bits per heavy atom. The van der Waals surface area contributed by atoms with Crippen molar-refractivity contribution < 1.29 is 4.39 Å². The zero-order valence-electron chi connectivity index (χ0n) is 13.2. The van der Waals surface area contributed by atoms with Crippen LogP contribution in [-0.2, 0) is 11.8 Å². The Morgan fingerprint density at radius 1 is 1.00 bits per heavy atom. The Kier molecular flexibility index (Phi) is 4.73. The zero-order valence-corrected chi connectivity index (χ0v) is 13.2. The Labute approximate surface area is 126 Å². The molecule has 0 fully saturated rings. The van der Waals surface area contributed by atoms with E-state index in [0.717, 1.165) is 29.8 Å². The maximum Gasteiger partial charge on any atom is 0.123 e. The van der Waals surface area contributed by atoms with Crippen LogP contribution in [-0.4, -0.2) is 30.5 Å². The van der Waals surface area contributed by atoms with Gasteiger partial charge < -0.3 is 4.90 Å². The van der Waals surface area contributed by atoms with Crippen LogP contribution in [0.2, 0.25) is 0 Å². The van der Waals surface area contributed by atoms with Crippen molar-refractivity contribution in [1.82, 2.24) is 9.88 Å². The predicted molar refractivity (Wildman–Crippen MR) is 85.0 cm³/mol. The quantitative estimate of drug-likeness (QED) is 0.834. The highest BCUT2D eigenvalue weighted by Crippen LogP contribution is 2.22. The summed E-state index contributed by atoms with van der Waals surface area (Å²) in [6.45, 7) is 5.36.